The van der Waals surface area contributed by atoms with Crippen molar-refractivity contribution >= 4 is 23.5 Å². The zero-order valence-corrected chi connectivity index (χ0v) is 13.4. The summed E-state index contributed by atoms with van der Waals surface area (Å²) in [6.07, 6.45) is 3.28. The van der Waals surface area contributed by atoms with E-state index < -0.39 is 5.97 Å². The first-order chi connectivity index (χ1) is 9.90. The van der Waals surface area contributed by atoms with Gasteiger partial charge < -0.3 is 14.2 Å². The highest BCUT2D eigenvalue weighted by Gasteiger charge is 2.22. The molecule has 0 bridgehead atoms. The molecule has 1 aromatic rings. The van der Waals surface area contributed by atoms with E-state index in [1.54, 1.807) is 29.8 Å². The van der Waals surface area contributed by atoms with Gasteiger partial charge in [0.2, 0.25) is 0 Å². The smallest absolute Gasteiger partial charge is 0.325 e. The molecule has 1 rings (SSSR count). The highest BCUT2D eigenvalue weighted by atomic mass is 35.5. The average molecular weight is 313 g/mol. The number of amides is 1. The number of hydrogen-bond acceptors (Lipinski definition) is 3. The summed E-state index contributed by atoms with van der Waals surface area (Å²) in [6, 6.07) is 1.69. The number of nitrogens with zero attached hydrogens (tertiary/aromatic N) is 2. The summed E-state index contributed by atoms with van der Waals surface area (Å²) in [5.74, 6) is -0.718. The number of halogens is 1. The lowest BCUT2D eigenvalue weighted by Gasteiger charge is -2.22. The molecule has 0 N–H and O–H groups in total. The predicted molar refractivity (Wildman–Crippen MR) is 82.6 cm³/mol. The molecule has 0 fully saturated rings. The standard InChI is InChI=1S/C15H21ClN2O3/c1-5-7-17(10-14(19)21-6-2)15(20)13-8-12(16)9-18(13)11(3)4/h5,8-9,11H,1,6-7,10H2,2-4H3. The molecule has 5 nitrogen and oxygen atoms in total. The van der Waals surface area contributed by atoms with Crippen molar-refractivity contribution in [3.8, 4) is 0 Å². The van der Waals surface area contributed by atoms with Crippen LogP contribution in [0.2, 0.25) is 5.02 Å². The van der Waals surface area contributed by atoms with Crippen molar-refractivity contribution in [3.05, 3.63) is 35.6 Å². The summed E-state index contributed by atoms with van der Waals surface area (Å²) >= 11 is 5.99. The number of ether oxygens (including phenoxy) is 1. The monoisotopic (exact) mass is 312 g/mol. The first-order valence-corrected chi connectivity index (χ1v) is 7.21. The number of rotatable bonds is 7. The summed E-state index contributed by atoms with van der Waals surface area (Å²) < 4.78 is 6.67. The van der Waals surface area contributed by atoms with Gasteiger partial charge in [-0.2, -0.15) is 0 Å². The molecule has 21 heavy (non-hydrogen) atoms. The summed E-state index contributed by atoms with van der Waals surface area (Å²) in [5.41, 5.74) is 0.446. The minimum Gasteiger partial charge on any atom is -0.465 e. The predicted octanol–water partition coefficient (Wildman–Crippen LogP) is 2.91. The highest BCUT2D eigenvalue weighted by Crippen LogP contribution is 2.20. The molecule has 0 atom stereocenters. The molecule has 1 heterocycles. The van der Waals surface area contributed by atoms with E-state index in [0.29, 0.717) is 10.7 Å². The molecule has 0 radical (unpaired) electrons. The van der Waals surface area contributed by atoms with Crippen LogP contribution in [-0.4, -0.2) is 41.0 Å². The van der Waals surface area contributed by atoms with Crippen LogP contribution >= 0.6 is 11.6 Å². The fourth-order valence-corrected chi connectivity index (χ4v) is 2.15. The first-order valence-electron chi connectivity index (χ1n) is 6.83. The van der Waals surface area contributed by atoms with Gasteiger partial charge in [-0.3, -0.25) is 9.59 Å². The second-order valence-corrected chi connectivity index (χ2v) is 5.26. The Labute approximate surface area is 130 Å². The van der Waals surface area contributed by atoms with E-state index in [4.69, 9.17) is 16.3 Å². The van der Waals surface area contributed by atoms with E-state index in [1.165, 1.54) is 4.90 Å². The molecule has 0 saturated heterocycles. The summed E-state index contributed by atoms with van der Waals surface area (Å²) in [7, 11) is 0. The first kappa shape index (κ1) is 17.3. The van der Waals surface area contributed by atoms with E-state index in [-0.39, 0.29) is 31.6 Å². The van der Waals surface area contributed by atoms with Gasteiger partial charge in [0, 0.05) is 18.8 Å². The third-order valence-electron chi connectivity index (χ3n) is 2.85. The quantitative estimate of drug-likeness (QED) is 0.574. The second-order valence-electron chi connectivity index (χ2n) is 4.82. The molecule has 6 heteroatoms. The van der Waals surface area contributed by atoms with E-state index in [9.17, 15) is 9.59 Å². The van der Waals surface area contributed by atoms with Gasteiger partial charge >= 0.3 is 5.97 Å². The SMILES string of the molecule is C=CCN(CC(=O)OCC)C(=O)c1cc(Cl)cn1C(C)C. The van der Waals surface area contributed by atoms with Gasteiger partial charge in [0.25, 0.3) is 5.91 Å². The zero-order valence-electron chi connectivity index (χ0n) is 12.6. The molecule has 0 spiro atoms. The Morgan fingerprint density at radius 2 is 2.19 bits per heavy atom. The van der Waals surface area contributed by atoms with Gasteiger partial charge in [0.05, 0.1) is 11.6 Å². The molecule has 1 amide bonds. The Morgan fingerprint density at radius 3 is 2.71 bits per heavy atom. The third-order valence-corrected chi connectivity index (χ3v) is 3.06. The average Bonchev–Trinajstić information content (AvgIpc) is 2.80. The summed E-state index contributed by atoms with van der Waals surface area (Å²) in [5, 5.41) is 0.488. The maximum atomic E-state index is 12.6. The Hall–Kier alpha value is -1.75. The lowest BCUT2D eigenvalue weighted by Crippen LogP contribution is -2.37. The minimum atomic E-state index is -0.443. The van der Waals surface area contributed by atoms with Gasteiger partial charge in [-0.25, -0.2) is 0 Å². The van der Waals surface area contributed by atoms with Crippen LogP contribution in [0.15, 0.2) is 24.9 Å². The van der Waals surface area contributed by atoms with Crippen LogP contribution in [0, 0.1) is 0 Å². The van der Waals surface area contributed by atoms with E-state index >= 15 is 0 Å². The molecular weight excluding hydrogens is 292 g/mol. The topological polar surface area (TPSA) is 51.5 Å². The van der Waals surface area contributed by atoms with Crippen LogP contribution in [-0.2, 0) is 9.53 Å². The summed E-state index contributed by atoms with van der Waals surface area (Å²) in [4.78, 5) is 25.6. The molecule has 0 unspecified atom stereocenters. The van der Waals surface area contributed by atoms with Crippen molar-refractivity contribution in [2.24, 2.45) is 0 Å². The number of hydrogen-bond donors (Lipinski definition) is 0. The normalized spacial score (nSPS) is 10.5. The van der Waals surface area contributed by atoms with Crippen LogP contribution in [0.25, 0.3) is 0 Å². The third kappa shape index (κ3) is 4.63. The van der Waals surface area contributed by atoms with Crippen molar-refractivity contribution in [1.29, 1.82) is 0 Å². The molecule has 0 aromatic carbocycles. The summed E-state index contributed by atoms with van der Waals surface area (Å²) in [6.45, 7) is 9.68. The van der Waals surface area contributed by atoms with Crippen LogP contribution in [0.4, 0.5) is 0 Å². The number of carbonyl (C=O) groups is 2. The van der Waals surface area contributed by atoms with E-state index in [0.717, 1.165) is 0 Å². The Morgan fingerprint density at radius 1 is 1.52 bits per heavy atom. The Kier molecular flexibility index (Phi) is 6.49. The molecule has 0 aliphatic carbocycles. The van der Waals surface area contributed by atoms with Crippen LogP contribution in [0.5, 0.6) is 0 Å². The van der Waals surface area contributed by atoms with Gasteiger partial charge in [-0.1, -0.05) is 17.7 Å². The fourth-order valence-electron chi connectivity index (χ4n) is 1.94. The maximum absolute atomic E-state index is 12.6. The molecule has 0 aliphatic heterocycles. The molecule has 0 saturated carbocycles. The lowest BCUT2D eigenvalue weighted by molar-refractivity contribution is -0.143. The van der Waals surface area contributed by atoms with Crippen molar-refractivity contribution in [2.75, 3.05) is 19.7 Å². The van der Waals surface area contributed by atoms with Crippen LogP contribution in [0.1, 0.15) is 37.3 Å². The Bertz CT molecular complexity index is 523. The molecule has 1 aromatic heterocycles. The van der Waals surface area contributed by atoms with Crippen LogP contribution in [0.3, 0.4) is 0 Å². The molecule has 0 aliphatic rings. The zero-order chi connectivity index (χ0) is 16.0. The van der Waals surface area contributed by atoms with Crippen molar-refractivity contribution < 1.29 is 14.3 Å². The van der Waals surface area contributed by atoms with Gasteiger partial charge in [0.1, 0.15) is 12.2 Å². The maximum Gasteiger partial charge on any atom is 0.325 e. The number of carbonyl (C=O) groups excluding carboxylic acids is 2. The van der Waals surface area contributed by atoms with E-state index in [2.05, 4.69) is 6.58 Å². The number of esters is 1. The lowest BCUT2D eigenvalue weighted by atomic mass is 10.3. The number of aromatic nitrogens is 1. The van der Waals surface area contributed by atoms with Gasteiger partial charge in [-0.15, -0.1) is 6.58 Å². The van der Waals surface area contributed by atoms with Crippen molar-refractivity contribution in [3.63, 3.8) is 0 Å². The van der Waals surface area contributed by atoms with Gasteiger partial charge in [-0.05, 0) is 26.8 Å². The fraction of sp³-hybridized carbons (Fsp3) is 0.467. The molecular formula is C15H21ClN2O3. The largest absolute Gasteiger partial charge is 0.465 e. The molecule has 116 valence electrons. The van der Waals surface area contributed by atoms with Crippen LogP contribution < -0.4 is 0 Å². The highest BCUT2D eigenvalue weighted by molar-refractivity contribution is 6.31. The Balaban J connectivity index is 3.00. The van der Waals surface area contributed by atoms with Crippen molar-refractivity contribution in [1.82, 2.24) is 9.47 Å². The minimum absolute atomic E-state index is 0.0876. The van der Waals surface area contributed by atoms with Gasteiger partial charge in [0.15, 0.2) is 0 Å². The van der Waals surface area contributed by atoms with Crippen molar-refractivity contribution in [2.45, 2.75) is 26.8 Å². The second kappa shape index (κ2) is 7.88. The van der Waals surface area contributed by atoms with E-state index in [1.807, 2.05) is 13.8 Å².